The van der Waals surface area contributed by atoms with E-state index in [9.17, 15) is 13.6 Å². The van der Waals surface area contributed by atoms with Gasteiger partial charge >= 0.3 is 5.97 Å². The largest absolute Gasteiger partial charge is 0.490 e. The summed E-state index contributed by atoms with van der Waals surface area (Å²) in [6, 6.07) is 1.73. The molecule has 1 aliphatic heterocycles. The van der Waals surface area contributed by atoms with Crippen molar-refractivity contribution in [3.05, 3.63) is 29.3 Å². The third-order valence-corrected chi connectivity index (χ3v) is 5.55. The third-order valence-electron chi connectivity index (χ3n) is 5.55. The Balaban J connectivity index is 1.42. The first-order chi connectivity index (χ1) is 12.0. The lowest BCUT2D eigenvalue weighted by molar-refractivity contribution is 0.0149. The molecule has 0 bridgehead atoms. The fourth-order valence-corrected chi connectivity index (χ4v) is 4.19. The van der Waals surface area contributed by atoms with Gasteiger partial charge in [0.2, 0.25) is 0 Å². The van der Waals surface area contributed by atoms with Gasteiger partial charge in [0.05, 0.1) is 19.3 Å². The summed E-state index contributed by atoms with van der Waals surface area (Å²) in [6.07, 6.45) is 6.99. The van der Waals surface area contributed by atoms with E-state index in [0.717, 1.165) is 51.1 Å². The second kappa shape index (κ2) is 7.68. The minimum Gasteiger partial charge on any atom is -0.490 e. The van der Waals surface area contributed by atoms with Crippen LogP contribution in [0.25, 0.3) is 0 Å². The minimum absolute atomic E-state index is 0.159. The SMILES string of the molecule is COC(=O)c1cc(F)c(OCCCC2CC3(CCNCC3)C2)cc1F. The van der Waals surface area contributed by atoms with Crippen LogP contribution in [0.15, 0.2) is 12.1 Å². The van der Waals surface area contributed by atoms with Gasteiger partial charge in [-0.3, -0.25) is 0 Å². The number of benzene rings is 1. The molecule has 1 aromatic rings. The van der Waals surface area contributed by atoms with Crippen LogP contribution >= 0.6 is 0 Å². The molecule has 1 aromatic carbocycles. The first-order valence-corrected chi connectivity index (χ1v) is 8.94. The average molecular weight is 353 g/mol. The zero-order valence-corrected chi connectivity index (χ0v) is 14.6. The summed E-state index contributed by atoms with van der Waals surface area (Å²) in [6.45, 7) is 2.60. The fraction of sp³-hybridized carbons (Fsp3) is 0.632. The molecule has 1 saturated carbocycles. The first kappa shape index (κ1) is 18.1. The van der Waals surface area contributed by atoms with Gasteiger partial charge in [0.15, 0.2) is 11.6 Å². The number of hydrogen-bond acceptors (Lipinski definition) is 4. The molecule has 1 saturated heterocycles. The highest BCUT2D eigenvalue weighted by atomic mass is 19.1. The minimum atomic E-state index is -0.903. The Bertz CT molecular complexity index is 621. The van der Waals surface area contributed by atoms with Crippen LogP contribution < -0.4 is 10.1 Å². The first-order valence-electron chi connectivity index (χ1n) is 8.94. The van der Waals surface area contributed by atoms with E-state index in [-0.39, 0.29) is 5.75 Å². The molecule has 0 unspecified atom stereocenters. The van der Waals surface area contributed by atoms with Gasteiger partial charge in [-0.1, -0.05) is 0 Å². The number of methoxy groups -OCH3 is 1. The second-order valence-corrected chi connectivity index (χ2v) is 7.27. The molecule has 3 rings (SSSR count). The molecular weight excluding hydrogens is 328 g/mol. The maximum Gasteiger partial charge on any atom is 0.340 e. The van der Waals surface area contributed by atoms with Crippen molar-refractivity contribution in [2.75, 3.05) is 26.8 Å². The second-order valence-electron chi connectivity index (χ2n) is 7.27. The number of esters is 1. The van der Waals surface area contributed by atoms with E-state index < -0.39 is 23.2 Å². The summed E-state index contributed by atoms with van der Waals surface area (Å²) >= 11 is 0. The van der Waals surface area contributed by atoms with Gasteiger partial charge in [-0.05, 0) is 69.0 Å². The molecule has 1 heterocycles. The summed E-state index contributed by atoms with van der Waals surface area (Å²) < 4.78 is 37.5. The Morgan fingerprint density at radius 3 is 2.64 bits per heavy atom. The van der Waals surface area contributed by atoms with E-state index in [1.165, 1.54) is 25.7 Å². The highest BCUT2D eigenvalue weighted by Gasteiger charge is 2.43. The highest BCUT2D eigenvalue weighted by molar-refractivity contribution is 5.89. The van der Waals surface area contributed by atoms with Gasteiger partial charge in [-0.15, -0.1) is 0 Å². The topological polar surface area (TPSA) is 47.6 Å². The van der Waals surface area contributed by atoms with Crippen LogP contribution in [0.2, 0.25) is 0 Å². The molecule has 6 heteroatoms. The number of nitrogens with one attached hydrogen (secondary N) is 1. The normalized spacial score (nSPS) is 19.5. The van der Waals surface area contributed by atoms with Gasteiger partial charge in [0.1, 0.15) is 5.82 Å². The van der Waals surface area contributed by atoms with Crippen molar-refractivity contribution in [3.8, 4) is 5.75 Å². The smallest absolute Gasteiger partial charge is 0.340 e. The molecule has 1 N–H and O–H groups in total. The summed E-state index contributed by atoms with van der Waals surface area (Å²) in [4.78, 5) is 11.3. The van der Waals surface area contributed by atoms with E-state index >= 15 is 0 Å². The molecule has 2 aliphatic rings. The lowest BCUT2D eigenvalue weighted by atomic mass is 9.57. The van der Waals surface area contributed by atoms with Crippen LogP contribution in [-0.4, -0.2) is 32.8 Å². The number of rotatable bonds is 6. The summed E-state index contributed by atoms with van der Waals surface area (Å²) in [5.41, 5.74) is 0.143. The molecule has 4 nitrogen and oxygen atoms in total. The van der Waals surface area contributed by atoms with Crippen LogP contribution in [0.4, 0.5) is 8.78 Å². The molecule has 0 aromatic heterocycles. The van der Waals surface area contributed by atoms with Gasteiger partial charge < -0.3 is 14.8 Å². The average Bonchev–Trinajstić information content (AvgIpc) is 2.59. The van der Waals surface area contributed by atoms with Crippen LogP contribution in [0.3, 0.4) is 0 Å². The van der Waals surface area contributed by atoms with Crippen LogP contribution in [-0.2, 0) is 4.74 Å². The third kappa shape index (κ3) is 4.11. The van der Waals surface area contributed by atoms with Crippen molar-refractivity contribution in [2.24, 2.45) is 11.3 Å². The molecule has 0 amide bonds. The van der Waals surface area contributed by atoms with E-state index in [4.69, 9.17) is 4.74 Å². The molecular formula is C19H25F2NO3. The van der Waals surface area contributed by atoms with Crippen molar-refractivity contribution in [1.29, 1.82) is 0 Å². The van der Waals surface area contributed by atoms with E-state index in [2.05, 4.69) is 10.1 Å². The quantitative estimate of drug-likeness (QED) is 0.626. The molecule has 2 fully saturated rings. The Kier molecular flexibility index (Phi) is 5.57. The molecule has 25 heavy (non-hydrogen) atoms. The Labute approximate surface area is 146 Å². The Morgan fingerprint density at radius 1 is 1.24 bits per heavy atom. The van der Waals surface area contributed by atoms with Crippen LogP contribution in [0, 0.1) is 23.0 Å². The van der Waals surface area contributed by atoms with E-state index in [0.29, 0.717) is 12.0 Å². The molecule has 0 atom stereocenters. The van der Waals surface area contributed by atoms with Gasteiger partial charge in [0, 0.05) is 6.07 Å². The fourth-order valence-electron chi connectivity index (χ4n) is 4.19. The Hall–Kier alpha value is -1.69. The molecule has 0 radical (unpaired) electrons. The van der Waals surface area contributed by atoms with Crippen molar-refractivity contribution in [1.82, 2.24) is 5.32 Å². The zero-order chi connectivity index (χ0) is 17.9. The number of piperidine rings is 1. The van der Waals surface area contributed by atoms with Gasteiger partial charge in [0.25, 0.3) is 0 Å². The standard InChI is InChI=1S/C19H25F2NO3/c1-24-18(23)14-9-16(21)17(10-15(14)20)25-8-2-3-13-11-19(12-13)4-6-22-7-5-19/h9-10,13,22H,2-8,11-12H2,1H3. The van der Waals surface area contributed by atoms with Crippen molar-refractivity contribution < 1.29 is 23.0 Å². The highest BCUT2D eigenvalue weighted by Crippen LogP contribution is 2.53. The number of hydrogen-bond donors (Lipinski definition) is 1. The summed E-state index contributed by atoms with van der Waals surface area (Å²) in [5, 5.41) is 3.40. The number of carbonyl (C=O) groups excluding carboxylic acids is 1. The predicted molar refractivity (Wildman–Crippen MR) is 89.7 cm³/mol. The lowest BCUT2D eigenvalue weighted by Gasteiger charge is -2.50. The lowest BCUT2D eigenvalue weighted by Crippen LogP contribution is -2.45. The molecule has 1 aliphatic carbocycles. The maximum atomic E-state index is 13.9. The van der Waals surface area contributed by atoms with Crippen molar-refractivity contribution >= 4 is 5.97 Å². The van der Waals surface area contributed by atoms with E-state index in [1.807, 2.05) is 0 Å². The predicted octanol–water partition coefficient (Wildman–Crippen LogP) is 3.69. The Morgan fingerprint density at radius 2 is 1.96 bits per heavy atom. The van der Waals surface area contributed by atoms with Crippen molar-refractivity contribution in [2.45, 2.75) is 38.5 Å². The monoisotopic (exact) mass is 353 g/mol. The molecule has 138 valence electrons. The maximum absolute atomic E-state index is 13.9. The van der Waals surface area contributed by atoms with Crippen molar-refractivity contribution in [3.63, 3.8) is 0 Å². The number of ether oxygens (including phenoxy) is 2. The van der Waals surface area contributed by atoms with Gasteiger partial charge in [-0.2, -0.15) is 0 Å². The summed E-state index contributed by atoms with van der Waals surface area (Å²) in [7, 11) is 1.12. The zero-order valence-electron chi connectivity index (χ0n) is 14.6. The molecule has 1 spiro atoms. The van der Waals surface area contributed by atoms with Crippen LogP contribution in [0.1, 0.15) is 48.9 Å². The van der Waals surface area contributed by atoms with Crippen LogP contribution in [0.5, 0.6) is 5.75 Å². The number of halogens is 2. The number of carbonyl (C=O) groups is 1. The van der Waals surface area contributed by atoms with E-state index in [1.54, 1.807) is 0 Å². The summed E-state index contributed by atoms with van der Waals surface area (Å²) in [5.74, 6) is -1.92. The van der Waals surface area contributed by atoms with Gasteiger partial charge in [-0.25, -0.2) is 13.6 Å².